The topological polar surface area (TPSA) is 54.0 Å². The highest BCUT2D eigenvalue weighted by atomic mass is 15.2. The number of hydrogen-bond donors (Lipinski definition) is 1. The molecule has 0 radical (unpaired) electrons. The maximum atomic E-state index is 5.94. The molecule has 0 saturated heterocycles. The van der Waals surface area contributed by atoms with Gasteiger partial charge in [-0.15, -0.1) is 0 Å². The number of amidine groups is 1. The molecule has 0 amide bonds. The van der Waals surface area contributed by atoms with Crippen LogP contribution in [0.1, 0.15) is 11.1 Å². The zero-order valence-electron chi connectivity index (χ0n) is 12.3. The zero-order valence-corrected chi connectivity index (χ0v) is 12.3. The van der Waals surface area contributed by atoms with Crippen molar-refractivity contribution in [3.8, 4) is 0 Å². The number of nitrogens with two attached hydrogens (primary N) is 1. The molecule has 22 heavy (non-hydrogen) atoms. The summed E-state index contributed by atoms with van der Waals surface area (Å²) in [6, 6.07) is 20.2. The predicted octanol–water partition coefficient (Wildman–Crippen LogP) is 2.78. The van der Waals surface area contributed by atoms with Crippen molar-refractivity contribution in [2.75, 3.05) is 6.67 Å². The van der Waals surface area contributed by atoms with E-state index in [1.54, 1.807) is 6.21 Å². The van der Waals surface area contributed by atoms with Gasteiger partial charge in [0.1, 0.15) is 18.2 Å². The van der Waals surface area contributed by atoms with Crippen molar-refractivity contribution >= 4 is 12.1 Å². The molecule has 2 aromatic rings. The van der Waals surface area contributed by atoms with Crippen LogP contribution in [-0.2, 0) is 6.54 Å². The number of aliphatic imine (C=N–C) groups is 2. The Morgan fingerprint density at radius 2 is 1.73 bits per heavy atom. The second-order valence-electron chi connectivity index (χ2n) is 5.10. The van der Waals surface area contributed by atoms with E-state index in [-0.39, 0.29) is 0 Å². The van der Waals surface area contributed by atoms with Gasteiger partial charge < -0.3 is 10.6 Å². The molecule has 1 aliphatic heterocycles. The number of hydrogen-bond acceptors (Lipinski definition) is 4. The van der Waals surface area contributed by atoms with E-state index >= 15 is 0 Å². The molecule has 1 aliphatic rings. The number of benzene rings is 2. The van der Waals surface area contributed by atoms with Gasteiger partial charge in [-0.05, 0) is 11.1 Å². The van der Waals surface area contributed by atoms with E-state index in [0.717, 1.165) is 12.1 Å². The van der Waals surface area contributed by atoms with Crippen LogP contribution in [0.4, 0.5) is 0 Å². The van der Waals surface area contributed by atoms with E-state index in [1.165, 1.54) is 5.56 Å². The molecule has 0 spiro atoms. The Balaban J connectivity index is 1.74. The van der Waals surface area contributed by atoms with Gasteiger partial charge in [0, 0.05) is 19.0 Å². The SMILES string of the molecule is NC1=NCN(Cc2ccccc2)C=C1/N=C/c1ccccc1. The van der Waals surface area contributed by atoms with Crippen LogP contribution in [-0.4, -0.2) is 23.6 Å². The predicted molar refractivity (Wildman–Crippen MR) is 90.6 cm³/mol. The lowest BCUT2D eigenvalue weighted by molar-refractivity contribution is 0.375. The summed E-state index contributed by atoms with van der Waals surface area (Å²) in [4.78, 5) is 10.9. The number of nitrogens with zero attached hydrogens (tertiary/aromatic N) is 3. The molecular formula is C18H18N4. The van der Waals surface area contributed by atoms with Gasteiger partial charge in [0.25, 0.3) is 0 Å². The zero-order chi connectivity index (χ0) is 15.2. The summed E-state index contributed by atoms with van der Waals surface area (Å²) in [6.45, 7) is 1.35. The molecule has 0 saturated carbocycles. The van der Waals surface area contributed by atoms with Gasteiger partial charge in [0.15, 0.2) is 0 Å². The summed E-state index contributed by atoms with van der Waals surface area (Å²) < 4.78 is 0. The van der Waals surface area contributed by atoms with Crippen molar-refractivity contribution in [1.82, 2.24) is 4.90 Å². The summed E-state index contributed by atoms with van der Waals surface area (Å²) in [6.07, 6.45) is 3.77. The molecule has 110 valence electrons. The van der Waals surface area contributed by atoms with Gasteiger partial charge in [-0.25, -0.2) is 4.99 Å². The maximum absolute atomic E-state index is 5.94. The molecule has 2 aromatic carbocycles. The Morgan fingerprint density at radius 3 is 2.45 bits per heavy atom. The Kier molecular flexibility index (Phi) is 4.30. The van der Waals surface area contributed by atoms with Crippen LogP contribution in [0.25, 0.3) is 0 Å². The van der Waals surface area contributed by atoms with Crippen LogP contribution in [0.3, 0.4) is 0 Å². The van der Waals surface area contributed by atoms with Crippen molar-refractivity contribution in [3.05, 3.63) is 83.7 Å². The van der Waals surface area contributed by atoms with Gasteiger partial charge in [-0.1, -0.05) is 60.7 Å². The third-order valence-corrected chi connectivity index (χ3v) is 3.37. The summed E-state index contributed by atoms with van der Waals surface area (Å²) >= 11 is 0. The average molecular weight is 290 g/mol. The molecule has 3 rings (SSSR count). The summed E-state index contributed by atoms with van der Waals surface area (Å²) in [5.74, 6) is 0.483. The molecule has 0 bridgehead atoms. The first-order valence-corrected chi connectivity index (χ1v) is 7.20. The first-order valence-electron chi connectivity index (χ1n) is 7.20. The minimum atomic E-state index is 0.483. The van der Waals surface area contributed by atoms with E-state index in [2.05, 4.69) is 27.0 Å². The standard InChI is InChI=1S/C18H18N4/c19-18-17(20-11-15-7-3-1-4-8-15)13-22(14-21-18)12-16-9-5-2-6-10-16/h1-11,13H,12,14H2,(H2,19,21)/b20-11+. The van der Waals surface area contributed by atoms with Crippen LogP contribution in [0, 0.1) is 0 Å². The molecule has 2 N–H and O–H groups in total. The largest absolute Gasteiger partial charge is 0.382 e. The fourth-order valence-electron chi connectivity index (χ4n) is 2.22. The van der Waals surface area contributed by atoms with Crippen molar-refractivity contribution in [3.63, 3.8) is 0 Å². The van der Waals surface area contributed by atoms with Crippen LogP contribution in [0.5, 0.6) is 0 Å². The summed E-state index contributed by atoms with van der Waals surface area (Å²) in [5, 5.41) is 0. The lowest BCUT2D eigenvalue weighted by Crippen LogP contribution is -2.28. The fourth-order valence-corrected chi connectivity index (χ4v) is 2.22. The summed E-state index contributed by atoms with van der Waals surface area (Å²) in [7, 11) is 0. The van der Waals surface area contributed by atoms with Gasteiger partial charge in [-0.3, -0.25) is 4.99 Å². The molecule has 0 unspecified atom stereocenters. The molecule has 0 aliphatic carbocycles. The Hall–Kier alpha value is -2.88. The molecule has 1 heterocycles. The van der Waals surface area contributed by atoms with Gasteiger partial charge in [0.2, 0.25) is 0 Å². The van der Waals surface area contributed by atoms with Gasteiger partial charge in [0.05, 0.1) is 0 Å². The minimum absolute atomic E-state index is 0.483. The Bertz CT molecular complexity index is 702. The van der Waals surface area contributed by atoms with Gasteiger partial charge in [-0.2, -0.15) is 0 Å². The van der Waals surface area contributed by atoms with Crippen LogP contribution >= 0.6 is 0 Å². The van der Waals surface area contributed by atoms with E-state index in [1.807, 2.05) is 54.7 Å². The van der Waals surface area contributed by atoms with E-state index < -0.39 is 0 Å². The monoisotopic (exact) mass is 290 g/mol. The van der Waals surface area contributed by atoms with Crippen molar-refractivity contribution in [2.45, 2.75) is 6.54 Å². The van der Waals surface area contributed by atoms with E-state index in [4.69, 9.17) is 5.73 Å². The highest BCUT2D eigenvalue weighted by Gasteiger charge is 2.11. The third-order valence-electron chi connectivity index (χ3n) is 3.37. The third kappa shape index (κ3) is 3.61. The molecular weight excluding hydrogens is 272 g/mol. The van der Waals surface area contributed by atoms with Crippen LogP contribution < -0.4 is 5.73 Å². The van der Waals surface area contributed by atoms with Crippen LogP contribution in [0.2, 0.25) is 0 Å². The average Bonchev–Trinajstić information content (AvgIpc) is 2.57. The number of rotatable bonds is 4. The lowest BCUT2D eigenvalue weighted by atomic mass is 10.2. The smallest absolute Gasteiger partial charge is 0.147 e. The highest BCUT2D eigenvalue weighted by molar-refractivity contribution is 5.99. The van der Waals surface area contributed by atoms with E-state index in [9.17, 15) is 0 Å². The molecule has 4 heteroatoms. The Labute approximate surface area is 130 Å². The maximum Gasteiger partial charge on any atom is 0.147 e. The molecule has 4 nitrogen and oxygen atoms in total. The summed E-state index contributed by atoms with van der Waals surface area (Å²) in [5.41, 5.74) is 8.92. The fraction of sp³-hybridized carbons (Fsp3) is 0.111. The second kappa shape index (κ2) is 6.72. The molecule has 0 aromatic heterocycles. The Morgan fingerprint density at radius 1 is 1.05 bits per heavy atom. The minimum Gasteiger partial charge on any atom is -0.382 e. The first kappa shape index (κ1) is 14.1. The van der Waals surface area contributed by atoms with Crippen LogP contribution in [0.15, 0.2) is 82.5 Å². The highest BCUT2D eigenvalue weighted by Crippen LogP contribution is 2.12. The quantitative estimate of drug-likeness (QED) is 0.880. The first-order chi connectivity index (χ1) is 10.8. The van der Waals surface area contributed by atoms with Gasteiger partial charge >= 0.3 is 0 Å². The molecule has 0 fully saturated rings. The second-order valence-corrected chi connectivity index (χ2v) is 5.10. The van der Waals surface area contributed by atoms with E-state index in [0.29, 0.717) is 18.2 Å². The van der Waals surface area contributed by atoms with Crippen molar-refractivity contribution in [1.29, 1.82) is 0 Å². The van der Waals surface area contributed by atoms with Crippen molar-refractivity contribution < 1.29 is 0 Å². The molecule has 0 atom stereocenters. The van der Waals surface area contributed by atoms with Crippen molar-refractivity contribution in [2.24, 2.45) is 15.7 Å². The normalized spacial score (nSPS) is 14.8. The lowest BCUT2D eigenvalue weighted by Gasteiger charge is -2.23.